The van der Waals surface area contributed by atoms with E-state index in [1.807, 2.05) is 0 Å². The third-order valence-electron chi connectivity index (χ3n) is 5.18. The van der Waals surface area contributed by atoms with Crippen LogP contribution in [0.4, 0.5) is 79.0 Å². The topological polar surface area (TPSA) is 37.3 Å². The molecule has 210 valence electrons. The quantitative estimate of drug-likeness (QED) is 0.229. The van der Waals surface area contributed by atoms with Crippen molar-refractivity contribution in [3.05, 3.63) is 40.7 Å². The summed E-state index contributed by atoms with van der Waals surface area (Å²) in [5, 5.41) is 9.55. The maximum absolute atomic E-state index is 14.0. The molecule has 1 aliphatic carbocycles. The van der Waals surface area contributed by atoms with Crippen molar-refractivity contribution < 1.29 is 88.9 Å². The summed E-state index contributed by atoms with van der Waals surface area (Å²) < 4.78 is 241. The zero-order valence-corrected chi connectivity index (χ0v) is 16.4. The molecule has 37 heavy (non-hydrogen) atoms. The van der Waals surface area contributed by atoms with Crippen LogP contribution in [0, 0.1) is 11.2 Å². The van der Waals surface area contributed by atoms with Gasteiger partial charge in [0.1, 0.15) is 11.6 Å². The van der Waals surface area contributed by atoms with Crippen LogP contribution in [0.2, 0.25) is 0 Å². The van der Waals surface area contributed by atoms with Gasteiger partial charge in [-0.25, -0.2) is 4.39 Å². The number of aliphatic hydroxyl groups is 1. The lowest BCUT2D eigenvalue weighted by molar-refractivity contribution is -0.341. The summed E-state index contributed by atoms with van der Waals surface area (Å²) >= 11 is 0. The van der Waals surface area contributed by atoms with E-state index in [0.29, 0.717) is 0 Å². The third kappa shape index (κ3) is 3.71. The minimum atomic E-state index is -7.74. The number of benzene rings is 1. The first-order chi connectivity index (χ1) is 16.0. The van der Waals surface area contributed by atoms with E-state index in [2.05, 4.69) is 0 Å². The summed E-state index contributed by atoms with van der Waals surface area (Å²) in [6, 6.07) is -2.11. The second kappa shape index (κ2) is 7.84. The molecule has 1 aliphatic rings. The van der Waals surface area contributed by atoms with Gasteiger partial charge in [0.2, 0.25) is 0 Å². The van der Waals surface area contributed by atoms with Crippen LogP contribution < -0.4 is 0 Å². The van der Waals surface area contributed by atoms with E-state index in [0.717, 1.165) is 0 Å². The Hall–Kier alpha value is -2.83. The SMILES string of the molecule is O=C(/C=C(\O)c1cc(F)c(C(F)(F)F)cc1C(F)(F)F)C1(C(F)(F)F)C(F)(F)C(F)(F)C(F)(F)C1(F)F. The Morgan fingerprint density at radius 3 is 1.38 bits per heavy atom. The van der Waals surface area contributed by atoms with Crippen LogP contribution in [-0.4, -0.2) is 40.8 Å². The monoisotopic (exact) mass is 582 g/mol. The van der Waals surface area contributed by atoms with Crippen LogP contribution in [0.1, 0.15) is 16.7 Å². The summed E-state index contributed by atoms with van der Waals surface area (Å²) in [4.78, 5) is 11.9. The minimum absolute atomic E-state index is 0.973. The smallest absolute Gasteiger partial charge is 0.419 e. The van der Waals surface area contributed by atoms with Crippen LogP contribution in [0.5, 0.6) is 0 Å². The van der Waals surface area contributed by atoms with Gasteiger partial charge in [-0.2, -0.15) is 74.6 Å². The molecule has 1 aromatic carbocycles. The second-order valence-electron chi connectivity index (χ2n) is 7.31. The molecular formula is C17H4F18O2. The number of carbonyl (C=O) groups excluding carboxylic acids is 1. The molecule has 0 atom stereocenters. The molecule has 0 aromatic heterocycles. The van der Waals surface area contributed by atoms with E-state index in [-0.39, 0.29) is 0 Å². The van der Waals surface area contributed by atoms with Crippen molar-refractivity contribution in [1.29, 1.82) is 0 Å². The first kappa shape index (κ1) is 30.4. The number of aliphatic hydroxyl groups excluding tert-OH is 1. The number of rotatable bonds is 3. The van der Waals surface area contributed by atoms with Gasteiger partial charge in [-0.3, -0.25) is 4.79 Å². The van der Waals surface area contributed by atoms with E-state index < -0.39 is 99.9 Å². The summed E-state index contributed by atoms with van der Waals surface area (Å²) in [5.74, 6) is -40.7. The molecule has 1 saturated carbocycles. The number of hydrogen-bond acceptors (Lipinski definition) is 2. The molecule has 20 heteroatoms. The van der Waals surface area contributed by atoms with Gasteiger partial charge in [0.15, 0.2) is 5.78 Å². The average Bonchev–Trinajstić information content (AvgIpc) is 2.69. The highest BCUT2D eigenvalue weighted by Gasteiger charge is 3.06. The predicted octanol–water partition coefficient (Wildman–Crippen LogP) is 7.43. The number of carbonyl (C=O) groups is 1. The summed E-state index contributed by atoms with van der Waals surface area (Å²) in [6.07, 6.45) is -21.5. The van der Waals surface area contributed by atoms with Crippen LogP contribution >= 0.6 is 0 Å². The van der Waals surface area contributed by atoms with Gasteiger partial charge in [0.05, 0.1) is 11.1 Å². The maximum Gasteiger partial charge on any atom is 0.419 e. The van der Waals surface area contributed by atoms with Gasteiger partial charge in [-0.15, -0.1) is 0 Å². The molecular weight excluding hydrogens is 578 g/mol. The van der Waals surface area contributed by atoms with Crippen LogP contribution in [0.15, 0.2) is 18.2 Å². The third-order valence-corrected chi connectivity index (χ3v) is 5.18. The molecule has 0 spiro atoms. The first-order valence-corrected chi connectivity index (χ1v) is 8.56. The van der Waals surface area contributed by atoms with Crippen molar-refractivity contribution in [3.8, 4) is 0 Å². The molecule has 0 aliphatic heterocycles. The first-order valence-electron chi connectivity index (χ1n) is 8.56. The standard InChI is InChI=1S/C17H4F18O2/c18-7-1-4(5(11(19,20)21)2-6(7)12(22,23)24)8(36)3-9(37)10(17(33,34)35)13(25,26)15(29,30)16(31,32)14(10,27)28/h1-3,36H/b8-3-. The van der Waals surface area contributed by atoms with Gasteiger partial charge >= 0.3 is 42.2 Å². The van der Waals surface area contributed by atoms with E-state index >= 15 is 0 Å². The molecule has 2 rings (SSSR count). The molecule has 1 aromatic rings. The van der Waals surface area contributed by atoms with E-state index in [1.165, 1.54) is 0 Å². The van der Waals surface area contributed by atoms with E-state index in [4.69, 9.17) is 0 Å². The van der Waals surface area contributed by atoms with Crippen LogP contribution in [0.3, 0.4) is 0 Å². The lowest BCUT2D eigenvalue weighted by Gasteiger charge is -2.37. The van der Waals surface area contributed by atoms with Crippen molar-refractivity contribution in [2.24, 2.45) is 5.41 Å². The van der Waals surface area contributed by atoms with Gasteiger partial charge in [-0.1, -0.05) is 0 Å². The predicted molar refractivity (Wildman–Crippen MR) is 80.3 cm³/mol. The van der Waals surface area contributed by atoms with Crippen LogP contribution in [0.25, 0.3) is 5.76 Å². The van der Waals surface area contributed by atoms with Crippen LogP contribution in [-0.2, 0) is 17.1 Å². The van der Waals surface area contributed by atoms with Gasteiger partial charge in [0.25, 0.3) is 5.41 Å². The zero-order chi connectivity index (χ0) is 29.6. The fourth-order valence-electron chi connectivity index (χ4n) is 3.41. The summed E-state index contributed by atoms with van der Waals surface area (Å²) in [6.45, 7) is 0. The van der Waals surface area contributed by atoms with E-state index in [9.17, 15) is 88.9 Å². The highest BCUT2D eigenvalue weighted by Crippen LogP contribution is 2.75. The molecule has 0 heterocycles. The summed E-state index contributed by atoms with van der Waals surface area (Å²) in [5.41, 5.74) is -15.5. The highest BCUT2D eigenvalue weighted by molar-refractivity contribution is 6.02. The Kier molecular flexibility index (Phi) is 6.44. The van der Waals surface area contributed by atoms with Crippen molar-refractivity contribution in [3.63, 3.8) is 0 Å². The maximum atomic E-state index is 14.0. The van der Waals surface area contributed by atoms with Gasteiger partial charge in [-0.05, 0) is 12.1 Å². The fourth-order valence-corrected chi connectivity index (χ4v) is 3.41. The molecule has 1 N–H and O–H groups in total. The molecule has 2 nitrogen and oxygen atoms in total. The highest BCUT2D eigenvalue weighted by atomic mass is 19.4. The Labute approximate surface area is 190 Å². The normalized spacial score (nSPS) is 22.7. The molecule has 0 bridgehead atoms. The van der Waals surface area contributed by atoms with E-state index in [1.54, 1.807) is 0 Å². The minimum Gasteiger partial charge on any atom is -0.507 e. The van der Waals surface area contributed by atoms with Gasteiger partial charge in [0, 0.05) is 11.6 Å². The van der Waals surface area contributed by atoms with Crippen molar-refractivity contribution in [2.75, 3.05) is 0 Å². The molecule has 0 saturated heterocycles. The van der Waals surface area contributed by atoms with Crippen molar-refractivity contribution in [1.82, 2.24) is 0 Å². The van der Waals surface area contributed by atoms with Crippen molar-refractivity contribution in [2.45, 2.75) is 42.2 Å². The Balaban J connectivity index is 2.95. The summed E-state index contributed by atoms with van der Waals surface area (Å²) in [7, 11) is 0. The Morgan fingerprint density at radius 1 is 0.676 bits per heavy atom. The number of alkyl halides is 17. The number of halogens is 18. The number of allylic oxidation sites excluding steroid dienone is 1. The molecule has 1 fully saturated rings. The number of ketones is 1. The lowest BCUT2D eigenvalue weighted by Crippen LogP contribution is -2.64. The van der Waals surface area contributed by atoms with Gasteiger partial charge < -0.3 is 5.11 Å². The largest absolute Gasteiger partial charge is 0.507 e. The fraction of sp³-hybridized carbons (Fsp3) is 0.471. The molecule has 0 unspecified atom stereocenters. The van der Waals surface area contributed by atoms with Crippen molar-refractivity contribution >= 4 is 11.5 Å². The molecule has 0 amide bonds. The average molecular weight is 582 g/mol. The lowest BCUT2D eigenvalue weighted by atomic mass is 9.74. The molecule has 0 radical (unpaired) electrons. The second-order valence-corrected chi connectivity index (χ2v) is 7.31. The Bertz CT molecular complexity index is 1110. The Morgan fingerprint density at radius 2 is 1.05 bits per heavy atom. The number of hydrogen-bond donors (Lipinski definition) is 1. The zero-order valence-electron chi connectivity index (χ0n) is 16.4.